The average Bonchev–Trinajstić information content (AvgIpc) is 2.69. The van der Waals surface area contributed by atoms with Gasteiger partial charge in [0, 0.05) is 17.3 Å². The molecule has 1 heterocycles. The standard InChI is InChI=1S/C22H25N3O2S/c1-14-7-8-17(12-15(14)2)27-13-16(3)24-22(28)25-19-9-10-20(26-4)21-18(19)6-5-11-23-21/h5-12,16H,13H2,1-4H3,(H2,24,25,28). The highest BCUT2D eigenvalue weighted by Gasteiger charge is 2.10. The minimum atomic E-state index is 0.0456. The van der Waals surface area contributed by atoms with Crippen molar-refractivity contribution >= 4 is 33.9 Å². The third kappa shape index (κ3) is 4.70. The quantitative estimate of drug-likeness (QED) is 0.594. The number of fused-ring (bicyclic) bond motifs is 1. The molecule has 0 amide bonds. The molecule has 5 nitrogen and oxygen atoms in total. The lowest BCUT2D eigenvalue weighted by Gasteiger charge is -2.19. The number of nitrogens with one attached hydrogen (secondary N) is 2. The second-order valence-electron chi connectivity index (χ2n) is 6.77. The van der Waals surface area contributed by atoms with E-state index >= 15 is 0 Å². The van der Waals surface area contributed by atoms with Crippen molar-refractivity contribution in [3.05, 3.63) is 59.8 Å². The molecule has 2 N–H and O–H groups in total. The van der Waals surface area contributed by atoms with Gasteiger partial charge in [0.05, 0.1) is 13.2 Å². The Kier molecular flexibility index (Phi) is 6.31. The molecule has 0 radical (unpaired) electrons. The van der Waals surface area contributed by atoms with E-state index in [1.54, 1.807) is 13.3 Å². The Bertz CT molecular complexity index is 991. The Morgan fingerprint density at radius 2 is 1.96 bits per heavy atom. The monoisotopic (exact) mass is 395 g/mol. The zero-order valence-corrected chi connectivity index (χ0v) is 17.4. The number of ether oxygens (including phenoxy) is 2. The van der Waals surface area contributed by atoms with E-state index in [9.17, 15) is 0 Å². The number of hydrogen-bond donors (Lipinski definition) is 2. The molecule has 1 unspecified atom stereocenters. The van der Waals surface area contributed by atoms with Crippen LogP contribution in [0.25, 0.3) is 10.9 Å². The molecule has 1 atom stereocenters. The van der Waals surface area contributed by atoms with Crippen molar-refractivity contribution < 1.29 is 9.47 Å². The number of methoxy groups -OCH3 is 1. The maximum Gasteiger partial charge on any atom is 0.171 e. The number of rotatable bonds is 6. The molecule has 1 aromatic heterocycles. The third-order valence-corrected chi connectivity index (χ3v) is 4.78. The van der Waals surface area contributed by atoms with Gasteiger partial charge in [0.1, 0.15) is 23.6 Å². The van der Waals surface area contributed by atoms with E-state index in [-0.39, 0.29) is 6.04 Å². The highest BCUT2D eigenvalue weighted by molar-refractivity contribution is 7.80. The van der Waals surface area contributed by atoms with Crippen LogP contribution in [0.4, 0.5) is 5.69 Å². The van der Waals surface area contributed by atoms with E-state index in [0.717, 1.165) is 28.1 Å². The fraction of sp³-hybridized carbons (Fsp3) is 0.273. The van der Waals surface area contributed by atoms with Crippen LogP contribution in [-0.2, 0) is 0 Å². The van der Waals surface area contributed by atoms with Gasteiger partial charge in [-0.25, -0.2) is 0 Å². The summed E-state index contributed by atoms with van der Waals surface area (Å²) in [5.41, 5.74) is 4.15. The predicted octanol–water partition coefficient (Wildman–Crippen LogP) is 4.61. The van der Waals surface area contributed by atoms with E-state index in [1.165, 1.54) is 11.1 Å². The van der Waals surface area contributed by atoms with Crippen LogP contribution in [0.2, 0.25) is 0 Å². The van der Waals surface area contributed by atoms with Gasteiger partial charge in [0.2, 0.25) is 0 Å². The minimum absolute atomic E-state index is 0.0456. The summed E-state index contributed by atoms with van der Waals surface area (Å²) in [7, 11) is 1.64. The van der Waals surface area contributed by atoms with Gasteiger partial charge < -0.3 is 20.1 Å². The summed E-state index contributed by atoms with van der Waals surface area (Å²) >= 11 is 5.48. The summed E-state index contributed by atoms with van der Waals surface area (Å²) in [4.78, 5) is 4.41. The van der Waals surface area contributed by atoms with Gasteiger partial charge in [-0.2, -0.15) is 0 Å². The molecular weight excluding hydrogens is 370 g/mol. The topological polar surface area (TPSA) is 55.4 Å². The molecule has 2 aromatic carbocycles. The fourth-order valence-electron chi connectivity index (χ4n) is 2.87. The minimum Gasteiger partial charge on any atom is -0.494 e. The molecule has 3 aromatic rings. The maximum absolute atomic E-state index is 5.88. The summed E-state index contributed by atoms with van der Waals surface area (Å²) in [5, 5.41) is 8.00. The van der Waals surface area contributed by atoms with Gasteiger partial charge in [0.15, 0.2) is 5.11 Å². The molecule has 28 heavy (non-hydrogen) atoms. The van der Waals surface area contributed by atoms with Crippen LogP contribution >= 0.6 is 12.2 Å². The van der Waals surface area contributed by atoms with Crippen LogP contribution in [0.3, 0.4) is 0 Å². The predicted molar refractivity (Wildman–Crippen MR) is 119 cm³/mol. The van der Waals surface area contributed by atoms with Crippen LogP contribution in [-0.4, -0.2) is 29.9 Å². The normalized spacial score (nSPS) is 11.7. The first-order valence-electron chi connectivity index (χ1n) is 9.17. The van der Waals surface area contributed by atoms with E-state index in [2.05, 4.69) is 41.6 Å². The number of anilines is 1. The van der Waals surface area contributed by atoms with Crippen molar-refractivity contribution in [1.82, 2.24) is 10.3 Å². The summed E-state index contributed by atoms with van der Waals surface area (Å²) < 4.78 is 11.3. The van der Waals surface area contributed by atoms with Crippen LogP contribution in [0.1, 0.15) is 18.1 Å². The molecule has 3 rings (SSSR count). The lowest BCUT2D eigenvalue weighted by molar-refractivity contribution is 0.287. The Morgan fingerprint density at radius 3 is 2.71 bits per heavy atom. The van der Waals surface area contributed by atoms with Gasteiger partial charge in [-0.15, -0.1) is 0 Å². The van der Waals surface area contributed by atoms with Gasteiger partial charge in [-0.1, -0.05) is 6.07 Å². The van der Waals surface area contributed by atoms with Crippen molar-refractivity contribution in [2.75, 3.05) is 19.0 Å². The van der Waals surface area contributed by atoms with Crippen LogP contribution in [0.5, 0.6) is 11.5 Å². The zero-order chi connectivity index (χ0) is 20.1. The van der Waals surface area contributed by atoms with Crippen molar-refractivity contribution in [3.63, 3.8) is 0 Å². The first-order valence-corrected chi connectivity index (χ1v) is 9.58. The van der Waals surface area contributed by atoms with E-state index < -0.39 is 0 Å². The molecule has 0 fully saturated rings. The first kappa shape index (κ1) is 19.9. The first-order chi connectivity index (χ1) is 13.5. The van der Waals surface area contributed by atoms with E-state index in [0.29, 0.717) is 11.7 Å². The maximum atomic E-state index is 5.88. The highest BCUT2D eigenvalue weighted by atomic mass is 32.1. The molecule has 0 aliphatic carbocycles. The third-order valence-electron chi connectivity index (χ3n) is 4.56. The van der Waals surface area contributed by atoms with E-state index in [1.807, 2.05) is 37.3 Å². The summed E-state index contributed by atoms with van der Waals surface area (Å²) in [6.07, 6.45) is 1.75. The smallest absolute Gasteiger partial charge is 0.171 e. The number of hydrogen-bond acceptors (Lipinski definition) is 4. The number of thiocarbonyl (C=S) groups is 1. The van der Waals surface area contributed by atoms with Crippen molar-refractivity contribution in [2.24, 2.45) is 0 Å². The van der Waals surface area contributed by atoms with Crippen LogP contribution in [0.15, 0.2) is 48.7 Å². The molecule has 0 saturated heterocycles. The number of aromatic nitrogens is 1. The SMILES string of the molecule is COc1ccc(NC(=S)NC(C)COc2ccc(C)c(C)c2)c2cccnc12. The summed E-state index contributed by atoms with van der Waals surface area (Å²) in [5.74, 6) is 1.60. The average molecular weight is 396 g/mol. The Balaban J connectivity index is 1.61. The molecule has 0 aliphatic heterocycles. The Hall–Kier alpha value is -2.86. The molecule has 146 valence electrons. The largest absolute Gasteiger partial charge is 0.494 e. The molecule has 0 aliphatic rings. The fourth-order valence-corrected chi connectivity index (χ4v) is 3.18. The number of benzene rings is 2. The highest BCUT2D eigenvalue weighted by Crippen LogP contribution is 2.29. The Labute approximate surface area is 171 Å². The molecule has 6 heteroatoms. The summed E-state index contributed by atoms with van der Waals surface area (Å²) in [6.45, 7) is 6.71. The van der Waals surface area contributed by atoms with Gasteiger partial charge in [0.25, 0.3) is 0 Å². The van der Waals surface area contributed by atoms with E-state index in [4.69, 9.17) is 21.7 Å². The van der Waals surface area contributed by atoms with Crippen molar-refractivity contribution in [1.29, 1.82) is 0 Å². The molecule has 0 spiro atoms. The lowest BCUT2D eigenvalue weighted by Crippen LogP contribution is -2.39. The lowest BCUT2D eigenvalue weighted by atomic mass is 10.1. The second kappa shape index (κ2) is 8.89. The van der Waals surface area contributed by atoms with Crippen LogP contribution < -0.4 is 20.1 Å². The molecule has 0 bridgehead atoms. The van der Waals surface area contributed by atoms with Crippen LogP contribution in [0, 0.1) is 13.8 Å². The van der Waals surface area contributed by atoms with Crippen molar-refractivity contribution in [2.45, 2.75) is 26.8 Å². The number of pyridine rings is 1. The van der Waals surface area contributed by atoms with Gasteiger partial charge >= 0.3 is 0 Å². The van der Waals surface area contributed by atoms with Gasteiger partial charge in [-0.05, 0) is 80.5 Å². The second-order valence-corrected chi connectivity index (χ2v) is 7.18. The molecule has 0 saturated carbocycles. The number of aryl methyl sites for hydroxylation is 2. The number of nitrogens with zero attached hydrogens (tertiary/aromatic N) is 1. The van der Waals surface area contributed by atoms with Gasteiger partial charge in [-0.3, -0.25) is 4.98 Å². The van der Waals surface area contributed by atoms with Crippen molar-refractivity contribution in [3.8, 4) is 11.5 Å². The zero-order valence-electron chi connectivity index (χ0n) is 16.6. The summed E-state index contributed by atoms with van der Waals surface area (Å²) in [6, 6.07) is 13.9. The Morgan fingerprint density at radius 1 is 1.14 bits per heavy atom. The molecular formula is C22H25N3O2S.